The predicted octanol–water partition coefficient (Wildman–Crippen LogP) is 4.14. The summed E-state index contributed by atoms with van der Waals surface area (Å²) in [7, 11) is 0. The van der Waals surface area contributed by atoms with Crippen molar-refractivity contribution in [2.24, 2.45) is 0 Å². The van der Waals surface area contributed by atoms with Crippen molar-refractivity contribution in [3.05, 3.63) is 53.0 Å². The summed E-state index contributed by atoms with van der Waals surface area (Å²) >= 11 is 3.51. The molecule has 2 aromatic carbocycles. The third-order valence-electron chi connectivity index (χ3n) is 3.66. The first-order chi connectivity index (χ1) is 11.3. The minimum Gasteiger partial charge on any atom is -0.367 e. The van der Waals surface area contributed by atoms with E-state index in [-0.39, 0.29) is 0 Å². The molecule has 0 aliphatic heterocycles. The minimum absolute atomic E-state index is 0.737. The van der Waals surface area contributed by atoms with Crippen LogP contribution in [-0.4, -0.2) is 26.1 Å². The second-order valence-electron chi connectivity index (χ2n) is 5.17. The zero-order valence-corrected chi connectivity index (χ0v) is 14.1. The zero-order valence-electron chi connectivity index (χ0n) is 12.5. The van der Waals surface area contributed by atoms with Crippen LogP contribution in [0.2, 0.25) is 0 Å². The summed E-state index contributed by atoms with van der Waals surface area (Å²) in [6.45, 7) is 2.81. The number of fused-ring (bicyclic) bond motifs is 3. The highest BCUT2D eigenvalue weighted by Gasteiger charge is 2.15. The molecule has 114 valence electrons. The highest BCUT2D eigenvalue weighted by Crippen LogP contribution is 2.28. The molecular formula is C17H14BrN5. The highest BCUT2D eigenvalue weighted by atomic mass is 79.9. The third kappa shape index (κ3) is 2.35. The normalized spacial score (nSPS) is 11.2. The molecule has 0 saturated heterocycles. The van der Waals surface area contributed by atoms with Gasteiger partial charge in [-0.15, -0.1) is 10.2 Å². The molecule has 0 unspecified atom stereocenters. The Bertz CT molecular complexity index is 994. The number of hydrogen-bond donors (Lipinski definition) is 1. The Labute approximate surface area is 141 Å². The van der Waals surface area contributed by atoms with E-state index in [0.29, 0.717) is 0 Å². The monoisotopic (exact) mass is 367 g/mol. The number of nitrogens with zero attached hydrogens (tertiary/aromatic N) is 4. The fraction of sp³-hybridized carbons (Fsp3) is 0.118. The van der Waals surface area contributed by atoms with E-state index in [1.165, 1.54) is 0 Å². The van der Waals surface area contributed by atoms with E-state index in [2.05, 4.69) is 35.8 Å². The van der Waals surface area contributed by atoms with E-state index < -0.39 is 0 Å². The van der Waals surface area contributed by atoms with E-state index in [9.17, 15) is 0 Å². The second kappa shape index (κ2) is 5.62. The van der Waals surface area contributed by atoms with Crippen LogP contribution in [0.4, 0.5) is 5.82 Å². The average molecular weight is 368 g/mol. The summed E-state index contributed by atoms with van der Waals surface area (Å²) in [5.74, 6) is 1.56. The van der Waals surface area contributed by atoms with Crippen molar-refractivity contribution in [1.82, 2.24) is 19.6 Å². The Morgan fingerprint density at radius 2 is 1.91 bits per heavy atom. The summed E-state index contributed by atoms with van der Waals surface area (Å²) in [4.78, 5) is 4.70. The van der Waals surface area contributed by atoms with Crippen LogP contribution in [0.3, 0.4) is 0 Å². The van der Waals surface area contributed by atoms with Gasteiger partial charge in [-0.1, -0.05) is 46.3 Å². The van der Waals surface area contributed by atoms with Gasteiger partial charge in [0.05, 0.1) is 11.0 Å². The summed E-state index contributed by atoms with van der Waals surface area (Å²) in [5, 5.41) is 12.0. The van der Waals surface area contributed by atoms with Crippen LogP contribution in [0.5, 0.6) is 0 Å². The first-order valence-corrected chi connectivity index (χ1v) is 8.21. The number of rotatable bonds is 3. The van der Waals surface area contributed by atoms with Gasteiger partial charge in [0.25, 0.3) is 0 Å². The van der Waals surface area contributed by atoms with Crippen molar-refractivity contribution >= 4 is 38.4 Å². The van der Waals surface area contributed by atoms with Gasteiger partial charge >= 0.3 is 0 Å². The smallest absolute Gasteiger partial charge is 0.204 e. The topological polar surface area (TPSA) is 55.1 Å². The number of halogens is 1. The average Bonchev–Trinajstić information content (AvgIpc) is 3.01. The van der Waals surface area contributed by atoms with Gasteiger partial charge in [0, 0.05) is 16.6 Å². The minimum atomic E-state index is 0.737. The first-order valence-electron chi connectivity index (χ1n) is 7.41. The molecule has 4 rings (SSSR count). The molecule has 0 radical (unpaired) electrons. The standard InChI is InChI=1S/C17H14BrN5/c1-2-19-15-17-22-21-16(11-6-4-3-5-7-11)23(17)14-9-8-12(18)10-13(14)20-15/h3-10H,2H2,1H3,(H,19,20). The fourth-order valence-electron chi connectivity index (χ4n) is 2.67. The van der Waals surface area contributed by atoms with Crippen LogP contribution < -0.4 is 5.32 Å². The molecule has 0 saturated carbocycles. The van der Waals surface area contributed by atoms with Crippen molar-refractivity contribution in [2.75, 3.05) is 11.9 Å². The SMILES string of the molecule is CCNc1nc2cc(Br)ccc2n2c(-c3ccccc3)nnc12. The Morgan fingerprint density at radius 1 is 1.09 bits per heavy atom. The number of nitrogens with one attached hydrogen (secondary N) is 1. The molecule has 2 heterocycles. The van der Waals surface area contributed by atoms with Crippen molar-refractivity contribution in [3.63, 3.8) is 0 Å². The first kappa shape index (κ1) is 14.1. The molecule has 4 aromatic rings. The van der Waals surface area contributed by atoms with Gasteiger partial charge in [0.15, 0.2) is 11.6 Å². The summed E-state index contributed by atoms with van der Waals surface area (Å²) in [6, 6.07) is 16.1. The van der Waals surface area contributed by atoms with Gasteiger partial charge in [-0.3, -0.25) is 4.40 Å². The molecule has 0 aliphatic carbocycles. The Balaban J connectivity index is 2.12. The van der Waals surface area contributed by atoms with Crippen molar-refractivity contribution in [2.45, 2.75) is 6.92 Å². The zero-order chi connectivity index (χ0) is 15.8. The van der Waals surface area contributed by atoms with Crippen LogP contribution in [0.25, 0.3) is 28.1 Å². The quantitative estimate of drug-likeness (QED) is 0.591. The molecule has 0 amide bonds. The largest absolute Gasteiger partial charge is 0.367 e. The third-order valence-corrected chi connectivity index (χ3v) is 4.15. The lowest BCUT2D eigenvalue weighted by Gasteiger charge is -2.09. The Hall–Kier alpha value is -2.47. The number of aromatic nitrogens is 4. The van der Waals surface area contributed by atoms with Gasteiger partial charge in [-0.25, -0.2) is 4.98 Å². The molecule has 6 heteroatoms. The van der Waals surface area contributed by atoms with Crippen molar-refractivity contribution in [3.8, 4) is 11.4 Å². The highest BCUT2D eigenvalue weighted by molar-refractivity contribution is 9.10. The van der Waals surface area contributed by atoms with Gasteiger partial charge in [0.1, 0.15) is 0 Å². The maximum absolute atomic E-state index is 4.70. The van der Waals surface area contributed by atoms with E-state index >= 15 is 0 Å². The van der Waals surface area contributed by atoms with Crippen LogP contribution in [0.15, 0.2) is 53.0 Å². The molecule has 1 N–H and O–H groups in total. The number of hydrogen-bond acceptors (Lipinski definition) is 4. The summed E-state index contributed by atoms with van der Waals surface area (Å²) in [5.41, 5.74) is 3.63. The molecule has 0 atom stereocenters. The van der Waals surface area contributed by atoms with Crippen LogP contribution >= 0.6 is 15.9 Å². The van der Waals surface area contributed by atoms with Crippen LogP contribution in [-0.2, 0) is 0 Å². The Kier molecular flexibility index (Phi) is 3.46. The van der Waals surface area contributed by atoms with E-state index in [4.69, 9.17) is 4.98 Å². The lowest BCUT2D eigenvalue weighted by Crippen LogP contribution is -2.04. The predicted molar refractivity (Wildman–Crippen MR) is 95.6 cm³/mol. The van der Waals surface area contributed by atoms with Crippen molar-refractivity contribution in [1.29, 1.82) is 0 Å². The lowest BCUT2D eigenvalue weighted by atomic mass is 10.2. The van der Waals surface area contributed by atoms with Gasteiger partial charge < -0.3 is 5.32 Å². The lowest BCUT2D eigenvalue weighted by molar-refractivity contribution is 1.11. The molecular weight excluding hydrogens is 354 g/mol. The molecule has 0 fully saturated rings. The fourth-order valence-corrected chi connectivity index (χ4v) is 3.02. The van der Waals surface area contributed by atoms with E-state index in [0.717, 1.165) is 44.9 Å². The molecule has 23 heavy (non-hydrogen) atoms. The van der Waals surface area contributed by atoms with Crippen LogP contribution in [0, 0.1) is 0 Å². The Morgan fingerprint density at radius 3 is 2.70 bits per heavy atom. The molecule has 0 spiro atoms. The summed E-state index contributed by atoms with van der Waals surface area (Å²) in [6.07, 6.45) is 0. The molecule has 0 bridgehead atoms. The van der Waals surface area contributed by atoms with Gasteiger partial charge in [0.2, 0.25) is 5.65 Å². The van der Waals surface area contributed by atoms with E-state index in [1.54, 1.807) is 0 Å². The molecule has 2 aromatic heterocycles. The van der Waals surface area contributed by atoms with Gasteiger partial charge in [-0.2, -0.15) is 0 Å². The molecule has 5 nitrogen and oxygen atoms in total. The second-order valence-corrected chi connectivity index (χ2v) is 6.09. The van der Waals surface area contributed by atoms with Crippen molar-refractivity contribution < 1.29 is 0 Å². The maximum Gasteiger partial charge on any atom is 0.204 e. The number of benzene rings is 2. The van der Waals surface area contributed by atoms with Crippen LogP contribution in [0.1, 0.15) is 6.92 Å². The maximum atomic E-state index is 4.70. The number of anilines is 1. The summed E-state index contributed by atoms with van der Waals surface area (Å²) < 4.78 is 3.05. The van der Waals surface area contributed by atoms with E-state index in [1.807, 2.05) is 55.5 Å². The van der Waals surface area contributed by atoms with Gasteiger partial charge in [-0.05, 0) is 25.1 Å². The molecule has 0 aliphatic rings.